The average Bonchev–Trinajstić information content (AvgIpc) is 1.98. The maximum atomic E-state index is 10.3. The van der Waals surface area contributed by atoms with Gasteiger partial charge in [0.15, 0.2) is 0 Å². The Morgan fingerprint density at radius 3 is 2.83 bits per heavy atom. The van der Waals surface area contributed by atoms with Crippen LogP contribution in [0.2, 0.25) is 0 Å². The van der Waals surface area contributed by atoms with Gasteiger partial charge in [0, 0.05) is 11.8 Å². The number of hydrogen-bond acceptors (Lipinski definition) is 3. The lowest BCUT2D eigenvalue weighted by Gasteiger charge is -2.04. The fourth-order valence-electron chi connectivity index (χ4n) is 0.759. The molecule has 5 heteroatoms. The minimum absolute atomic E-state index is 0.204. The molecular formula is C7H9NO3S. The molecule has 0 fully saturated rings. The molecule has 1 unspecified atom stereocenters. The van der Waals surface area contributed by atoms with Crippen molar-refractivity contribution >= 4 is 11.4 Å². The summed E-state index contributed by atoms with van der Waals surface area (Å²) in [6.07, 6.45) is 1.53. The van der Waals surface area contributed by atoms with Gasteiger partial charge in [0.05, 0.1) is 0 Å². The van der Waals surface area contributed by atoms with E-state index in [-0.39, 0.29) is 5.88 Å². The molecule has 0 aliphatic carbocycles. The highest BCUT2D eigenvalue weighted by atomic mass is 32.2. The summed E-state index contributed by atoms with van der Waals surface area (Å²) in [5.74, 6) is 0.204. The van der Waals surface area contributed by atoms with Crippen molar-refractivity contribution in [1.82, 2.24) is 4.98 Å². The van der Waals surface area contributed by atoms with E-state index in [1.54, 1.807) is 6.92 Å². The predicted octanol–water partition coefficient (Wildman–Crippen LogP) is 1.21. The van der Waals surface area contributed by atoms with Gasteiger partial charge in [-0.15, -0.1) is 0 Å². The molecule has 12 heavy (non-hydrogen) atoms. The molecule has 1 atom stereocenters. The maximum absolute atomic E-state index is 10.3. The van der Waals surface area contributed by atoms with Crippen LogP contribution in [-0.2, 0) is 11.4 Å². The quantitative estimate of drug-likeness (QED) is 0.707. The number of aromatic nitrogens is 1. The van der Waals surface area contributed by atoms with Crippen molar-refractivity contribution in [3.63, 3.8) is 0 Å². The van der Waals surface area contributed by atoms with E-state index in [1.807, 2.05) is 13.0 Å². The monoisotopic (exact) mass is 187 g/mol. The number of aryl methyl sites for hydroxylation is 1. The van der Waals surface area contributed by atoms with E-state index in [9.17, 15) is 4.21 Å². The van der Waals surface area contributed by atoms with Crippen molar-refractivity contribution in [2.24, 2.45) is 0 Å². The molecule has 1 aromatic rings. The summed E-state index contributed by atoms with van der Waals surface area (Å²) in [6.45, 7) is 3.66. The fourth-order valence-corrected chi connectivity index (χ4v) is 1.06. The molecule has 0 saturated heterocycles. The van der Waals surface area contributed by atoms with Gasteiger partial charge in [-0.2, -0.15) is 4.21 Å². The van der Waals surface area contributed by atoms with Crippen LogP contribution in [0.4, 0.5) is 0 Å². The minimum atomic E-state index is -2.30. The van der Waals surface area contributed by atoms with Gasteiger partial charge in [0.2, 0.25) is 5.88 Å². The zero-order valence-corrected chi connectivity index (χ0v) is 7.59. The normalized spacial score (nSPS) is 12.6. The van der Waals surface area contributed by atoms with E-state index in [2.05, 4.69) is 9.17 Å². The molecule has 0 amide bonds. The summed E-state index contributed by atoms with van der Waals surface area (Å²) in [5, 5.41) is 0. The summed E-state index contributed by atoms with van der Waals surface area (Å²) < 4.78 is 23.3. The van der Waals surface area contributed by atoms with E-state index in [0.717, 1.165) is 11.1 Å². The third kappa shape index (κ3) is 2.02. The van der Waals surface area contributed by atoms with Crippen LogP contribution in [-0.4, -0.2) is 13.7 Å². The van der Waals surface area contributed by atoms with Gasteiger partial charge < -0.3 is 4.18 Å². The Morgan fingerprint density at radius 1 is 1.58 bits per heavy atom. The summed E-state index contributed by atoms with van der Waals surface area (Å²) in [5.41, 5.74) is 1.75. The van der Waals surface area contributed by atoms with Gasteiger partial charge in [-0.1, -0.05) is 0 Å². The summed E-state index contributed by atoms with van der Waals surface area (Å²) in [7, 11) is 0. The molecule has 0 bridgehead atoms. The second kappa shape index (κ2) is 3.64. The Hall–Kier alpha value is -0.940. The molecule has 0 aliphatic rings. The predicted molar refractivity (Wildman–Crippen MR) is 45.1 cm³/mol. The Bertz CT molecular complexity index is 314. The van der Waals surface area contributed by atoms with Gasteiger partial charge in [-0.25, -0.2) is 4.98 Å². The summed E-state index contributed by atoms with van der Waals surface area (Å²) >= 11 is -2.30. The third-order valence-electron chi connectivity index (χ3n) is 1.58. The Balaban J connectivity index is 3.00. The lowest BCUT2D eigenvalue weighted by Crippen LogP contribution is -2.01. The van der Waals surface area contributed by atoms with Crippen LogP contribution >= 0.6 is 0 Å². The van der Waals surface area contributed by atoms with E-state index >= 15 is 0 Å². The van der Waals surface area contributed by atoms with Crippen LogP contribution in [0.3, 0.4) is 0 Å². The first-order chi connectivity index (χ1) is 5.61. The lowest BCUT2D eigenvalue weighted by molar-refractivity contribution is 0.447. The topological polar surface area (TPSA) is 59.4 Å². The molecule has 1 rings (SSSR count). The molecule has 0 saturated carbocycles. The highest BCUT2D eigenvalue weighted by molar-refractivity contribution is 7.74. The molecule has 4 nitrogen and oxygen atoms in total. The molecule has 0 aromatic carbocycles. The van der Waals surface area contributed by atoms with Crippen LogP contribution in [0, 0.1) is 13.8 Å². The zero-order chi connectivity index (χ0) is 9.14. The van der Waals surface area contributed by atoms with Gasteiger partial charge in [-0.3, -0.25) is 4.55 Å². The average molecular weight is 187 g/mol. The highest BCUT2D eigenvalue weighted by Gasteiger charge is 2.05. The number of pyridine rings is 1. The molecular weight excluding hydrogens is 178 g/mol. The Morgan fingerprint density at radius 2 is 2.25 bits per heavy atom. The molecule has 1 heterocycles. The summed E-state index contributed by atoms with van der Waals surface area (Å²) in [4.78, 5) is 3.80. The minimum Gasteiger partial charge on any atom is -0.359 e. The first-order valence-electron chi connectivity index (χ1n) is 3.32. The van der Waals surface area contributed by atoms with E-state index in [4.69, 9.17) is 4.55 Å². The van der Waals surface area contributed by atoms with Crippen molar-refractivity contribution in [3.05, 3.63) is 23.4 Å². The van der Waals surface area contributed by atoms with Gasteiger partial charge >= 0.3 is 11.4 Å². The third-order valence-corrected chi connectivity index (χ3v) is 1.88. The summed E-state index contributed by atoms with van der Waals surface area (Å²) in [6, 6.07) is 1.81. The Kier molecular flexibility index (Phi) is 2.78. The Labute approximate surface area is 73.1 Å². The van der Waals surface area contributed by atoms with Crippen molar-refractivity contribution in [1.29, 1.82) is 0 Å². The largest absolute Gasteiger partial charge is 0.359 e. The molecule has 1 N–H and O–H groups in total. The smallest absolute Gasteiger partial charge is 0.359 e. The molecule has 0 spiro atoms. The SMILES string of the molecule is Cc1ccnc(OS(=O)O)c1C. The van der Waals surface area contributed by atoms with Crippen molar-refractivity contribution in [3.8, 4) is 5.88 Å². The molecule has 0 aliphatic heterocycles. The first kappa shape index (κ1) is 9.15. The van der Waals surface area contributed by atoms with E-state index in [1.165, 1.54) is 6.20 Å². The fraction of sp³-hybridized carbons (Fsp3) is 0.286. The van der Waals surface area contributed by atoms with Crippen LogP contribution in [0.5, 0.6) is 5.88 Å². The van der Waals surface area contributed by atoms with Crippen LogP contribution in [0.1, 0.15) is 11.1 Å². The standard InChI is InChI=1S/C7H9NO3S/c1-5-3-4-8-7(6(5)2)11-12(9)10/h3-4H,1-2H3,(H,9,10). The zero-order valence-electron chi connectivity index (χ0n) is 6.77. The van der Waals surface area contributed by atoms with Crippen LogP contribution < -0.4 is 4.18 Å². The van der Waals surface area contributed by atoms with Gasteiger partial charge in [0.1, 0.15) is 0 Å². The number of nitrogens with zero attached hydrogens (tertiary/aromatic N) is 1. The lowest BCUT2D eigenvalue weighted by atomic mass is 10.2. The van der Waals surface area contributed by atoms with E-state index < -0.39 is 11.4 Å². The maximum Gasteiger partial charge on any atom is 0.359 e. The van der Waals surface area contributed by atoms with Crippen LogP contribution in [0.15, 0.2) is 12.3 Å². The number of hydrogen-bond donors (Lipinski definition) is 1. The highest BCUT2D eigenvalue weighted by Crippen LogP contribution is 2.17. The van der Waals surface area contributed by atoms with Crippen molar-refractivity contribution in [2.75, 3.05) is 0 Å². The van der Waals surface area contributed by atoms with E-state index in [0.29, 0.717) is 0 Å². The first-order valence-corrected chi connectivity index (χ1v) is 4.36. The molecule has 1 aromatic heterocycles. The molecule has 66 valence electrons. The second-order valence-corrected chi connectivity index (χ2v) is 2.96. The van der Waals surface area contributed by atoms with Gasteiger partial charge in [-0.05, 0) is 25.5 Å². The second-order valence-electron chi connectivity index (χ2n) is 2.36. The van der Waals surface area contributed by atoms with Crippen molar-refractivity contribution < 1.29 is 12.9 Å². The number of rotatable bonds is 2. The van der Waals surface area contributed by atoms with Crippen molar-refractivity contribution in [2.45, 2.75) is 13.8 Å². The molecule has 0 radical (unpaired) electrons. The van der Waals surface area contributed by atoms with Gasteiger partial charge in [0.25, 0.3) is 0 Å². The van der Waals surface area contributed by atoms with Crippen LogP contribution in [0.25, 0.3) is 0 Å².